The van der Waals surface area contributed by atoms with Crippen LogP contribution in [0.4, 0.5) is 4.39 Å². The zero-order chi connectivity index (χ0) is 25.7. The van der Waals surface area contributed by atoms with E-state index >= 15 is 0 Å². The van der Waals surface area contributed by atoms with E-state index in [0.717, 1.165) is 35.3 Å². The van der Waals surface area contributed by atoms with Gasteiger partial charge in [0.25, 0.3) is 0 Å². The second-order valence-electron chi connectivity index (χ2n) is 9.62. The van der Waals surface area contributed by atoms with Crippen molar-refractivity contribution in [3.8, 4) is 5.75 Å². The second kappa shape index (κ2) is 10.8. The molecule has 0 aliphatic carbocycles. The molecule has 0 saturated carbocycles. The predicted molar refractivity (Wildman–Crippen MR) is 133 cm³/mol. The molecule has 8 heteroatoms. The topological polar surface area (TPSA) is 87.3 Å². The number of ether oxygens (including phenoxy) is 2. The van der Waals surface area contributed by atoms with Crippen molar-refractivity contribution in [2.75, 3.05) is 7.11 Å². The van der Waals surface area contributed by atoms with Gasteiger partial charge in [-0.15, -0.1) is 0 Å². The fourth-order valence-corrected chi connectivity index (χ4v) is 3.98. The molecule has 3 aromatic heterocycles. The molecule has 0 N–H and O–H groups in total. The van der Waals surface area contributed by atoms with E-state index in [0.29, 0.717) is 17.9 Å². The minimum absolute atomic E-state index is 0.0308. The van der Waals surface area contributed by atoms with Crippen molar-refractivity contribution in [3.05, 3.63) is 83.6 Å². The molecule has 0 amide bonds. The normalized spacial score (nSPS) is 12.5. The van der Waals surface area contributed by atoms with Crippen molar-refractivity contribution in [2.45, 2.75) is 58.0 Å². The highest BCUT2D eigenvalue weighted by atomic mass is 19.1. The summed E-state index contributed by atoms with van der Waals surface area (Å²) in [7, 11) is 1.40. The average Bonchev–Trinajstić information content (AvgIpc) is 3.30. The Labute approximate surface area is 209 Å². The van der Waals surface area contributed by atoms with Crippen LogP contribution in [0.15, 0.2) is 59.3 Å². The fraction of sp³-hybridized carbons (Fsp3) is 0.357. The van der Waals surface area contributed by atoms with Crippen LogP contribution < -0.4 is 4.74 Å². The SMILES string of the molecule is COc1ccc(C(CC(=O)OC(C)(C)C)c2nc(CCCc3ccc4cccnc4n3)co2)cc1F. The number of pyridine rings is 2. The third-order valence-electron chi connectivity index (χ3n) is 5.62. The van der Waals surface area contributed by atoms with E-state index in [1.807, 2.05) is 24.3 Å². The standard InChI is InChI=1S/C28H30FN3O4/c1-28(2,3)36-25(33)16-22(19-11-13-24(34-4)23(29)15-19)27-32-21(17-35-27)9-5-8-20-12-10-18-7-6-14-30-26(18)31-20/h6-7,10-15,17,22H,5,8-9,16H2,1-4H3. The molecule has 36 heavy (non-hydrogen) atoms. The molecule has 0 fully saturated rings. The maximum Gasteiger partial charge on any atom is 0.307 e. The number of oxazole rings is 1. The zero-order valence-electron chi connectivity index (χ0n) is 21.0. The highest BCUT2D eigenvalue weighted by Crippen LogP contribution is 2.31. The van der Waals surface area contributed by atoms with E-state index in [9.17, 15) is 9.18 Å². The van der Waals surface area contributed by atoms with Gasteiger partial charge >= 0.3 is 5.97 Å². The van der Waals surface area contributed by atoms with Crippen molar-refractivity contribution < 1.29 is 23.1 Å². The molecule has 7 nitrogen and oxygen atoms in total. The lowest BCUT2D eigenvalue weighted by molar-refractivity contribution is -0.155. The molecule has 0 bridgehead atoms. The molecule has 1 unspecified atom stereocenters. The predicted octanol–water partition coefficient (Wildman–Crippen LogP) is 5.80. The monoisotopic (exact) mass is 491 g/mol. The number of aromatic nitrogens is 3. The summed E-state index contributed by atoms with van der Waals surface area (Å²) in [6.45, 7) is 5.41. The number of rotatable bonds is 9. The number of hydrogen-bond donors (Lipinski definition) is 0. The molecule has 0 spiro atoms. The van der Waals surface area contributed by atoms with Gasteiger partial charge in [0.1, 0.15) is 11.9 Å². The molecule has 0 aliphatic heterocycles. The molecule has 4 aromatic rings. The van der Waals surface area contributed by atoms with Gasteiger partial charge in [-0.3, -0.25) is 4.79 Å². The molecule has 1 aromatic carbocycles. The number of halogens is 1. The van der Waals surface area contributed by atoms with Gasteiger partial charge in [0.15, 0.2) is 17.2 Å². The van der Waals surface area contributed by atoms with Crippen LogP contribution in [0, 0.1) is 5.82 Å². The number of benzene rings is 1. The van der Waals surface area contributed by atoms with E-state index in [1.165, 1.54) is 19.2 Å². The summed E-state index contributed by atoms with van der Waals surface area (Å²) in [5.74, 6) is -1.07. The Balaban J connectivity index is 1.48. The van der Waals surface area contributed by atoms with E-state index in [-0.39, 0.29) is 12.2 Å². The molecular weight excluding hydrogens is 461 g/mol. The van der Waals surface area contributed by atoms with Crippen molar-refractivity contribution >= 4 is 17.0 Å². The summed E-state index contributed by atoms with van der Waals surface area (Å²) in [5.41, 5.74) is 2.37. The van der Waals surface area contributed by atoms with Crippen molar-refractivity contribution in [2.24, 2.45) is 0 Å². The first-order valence-corrected chi connectivity index (χ1v) is 11.9. The van der Waals surface area contributed by atoms with E-state index in [2.05, 4.69) is 15.0 Å². The summed E-state index contributed by atoms with van der Waals surface area (Å²) in [6.07, 6.45) is 5.54. The number of methoxy groups -OCH3 is 1. The molecule has 3 heterocycles. The molecule has 0 saturated heterocycles. The largest absolute Gasteiger partial charge is 0.494 e. The van der Waals surface area contributed by atoms with Gasteiger partial charge in [-0.25, -0.2) is 19.3 Å². The van der Waals surface area contributed by atoms with Gasteiger partial charge in [0.05, 0.1) is 25.1 Å². The second-order valence-corrected chi connectivity index (χ2v) is 9.62. The smallest absolute Gasteiger partial charge is 0.307 e. The van der Waals surface area contributed by atoms with Crippen LogP contribution in [0.1, 0.15) is 62.4 Å². The van der Waals surface area contributed by atoms with Crippen molar-refractivity contribution in [3.63, 3.8) is 0 Å². The Bertz CT molecular complexity index is 1350. The Morgan fingerprint density at radius 3 is 2.64 bits per heavy atom. The van der Waals surface area contributed by atoms with Gasteiger partial charge in [0, 0.05) is 17.3 Å². The lowest BCUT2D eigenvalue weighted by atomic mass is 9.95. The van der Waals surface area contributed by atoms with Gasteiger partial charge in [-0.2, -0.15) is 0 Å². The molecule has 4 rings (SSSR count). The van der Waals surface area contributed by atoms with E-state index in [1.54, 1.807) is 39.3 Å². The molecule has 0 aliphatic rings. The lowest BCUT2D eigenvalue weighted by Crippen LogP contribution is -2.25. The molecule has 0 radical (unpaired) electrons. The highest BCUT2D eigenvalue weighted by Gasteiger charge is 2.27. The Kier molecular flexibility index (Phi) is 7.62. The summed E-state index contributed by atoms with van der Waals surface area (Å²) in [6, 6.07) is 12.5. The van der Waals surface area contributed by atoms with Gasteiger partial charge in [-0.05, 0) is 82.0 Å². The number of hydrogen-bond acceptors (Lipinski definition) is 7. The van der Waals surface area contributed by atoms with Crippen LogP contribution in [-0.2, 0) is 22.4 Å². The van der Waals surface area contributed by atoms with Gasteiger partial charge < -0.3 is 13.9 Å². The Morgan fingerprint density at radius 1 is 1.08 bits per heavy atom. The third kappa shape index (κ3) is 6.44. The number of carbonyl (C=O) groups excluding carboxylic acids is 1. The summed E-state index contributed by atoms with van der Waals surface area (Å²) in [4.78, 5) is 26.2. The van der Waals surface area contributed by atoms with Crippen molar-refractivity contribution in [1.29, 1.82) is 0 Å². The lowest BCUT2D eigenvalue weighted by Gasteiger charge is -2.21. The Hall–Kier alpha value is -3.81. The van der Waals surface area contributed by atoms with Crippen LogP contribution in [0.25, 0.3) is 11.0 Å². The van der Waals surface area contributed by atoms with E-state index in [4.69, 9.17) is 13.9 Å². The fourth-order valence-electron chi connectivity index (χ4n) is 3.98. The number of fused-ring (bicyclic) bond motifs is 1. The summed E-state index contributed by atoms with van der Waals surface area (Å²) in [5, 5.41) is 1.01. The first-order valence-electron chi connectivity index (χ1n) is 11.9. The van der Waals surface area contributed by atoms with Crippen LogP contribution in [0.5, 0.6) is 5.75 Å². The number of esters is 1. The van der Waals surface area contributed by atoms with Gasteiger partial charge in [0.2, 0.25) is 5.89 Å². The first-order chi connectivity index (χ1) is 17.2. The third-order valence-corrected chi connectivity index (χ3v) is 5.62. The van der Waals surface area contributed by atoms with Crippen LogP contribution >= 0.6 is 0 Å². The van der Waals surface area contributed by atoms with Crippen molar-refractivity contribution in [1.82, 2.24) is 15.0 Å². The number of carbonyl (C=O) groups is 1. The quantitative estimate of drug-likeness (QED) is 0.273. The average molecular weight is 492 g/mol. The molecular formula is C28H30FN3O4. The van der Waals surface area contributed by atoms with Crippen LogP contribution in [-0.4, -0.2) is 33.6 Å². The number of aryl methyl sites for hydroxylation is 2. The molecule has 1 atom stereocenters. The maximum absolute atomic E-state index is 14.5. The minimum atomic E-state index is -0.638. The summed E-state index contributed by atoms with van der Waals surface area (Å²) < 4.78 is 30.8. The minimum Gasteiger partial charge on any atom is -0.494 e. The van der Waals surface area contributed by atoms with Crippen LogP contribution in [0.3, 0.4) is 0 Å². The zero-order valence-corrected chi connectivity index (χ0v) is 21.0. The number of nitrogens with zero attached hydrogens (tertiary/aromatic N) is 3. The van der Waals surface area contributed by atoms with Gasteiger partial charge in [-0.1, -0.05) is 6.07 Å². The molecule has 188 valence electrons. The maximum atomic E-state index is 14.5. The summed E-state index contributed by atoms with van der Waals surface area (Å²) >= 11 is 0. The van der Waals surface area contributed by atoms with E-state index < -0.39 is 23.3 Å². The van der Waals surface area contributed by atoms with Crippen LogP contribution in [0.2, 0.25) is 0 Å². The highest BCUT2D eigenvalue weighted by molar-refractivity contribution is 5.74. The first kappa shape index (κ1) is 25.3. The Morgan fingerprint density at radius 2 is 1.89 bits per heavy atom.